The summed E-state index contributed by atoms with van der Waals surface area (Å²) in [4.78, 5) is 12.2. The van der Waals surface area contributed by atoms with Crippen molar-refractivity contribution in [1.29, 1.82) is 0 Å². The van der Waals surface area contributed by atoms with Crippen molar-refractivity contribution in [2.24, 2.45) is 0 Å². The molecule has 0 bridgehead atoms. The van der Waals surface area contributed by atoms with Crippen LogP contribution < -0.4 is 14.8 Å². The zero-order chi connectivity index (χ0) is 21.5. The van der Waals surface area contributed by atoms with E-state index in [9.17, 15) is 21.6 Å². The van der Waals surface area contributed by atoms with Gasteiger partial charge in [-0.25, -0.2) is 0 Å². The van der Waals surface area contributed by atoms with Crippen molar-refractivity contribution >= 4 is 31.8 Å². The van der Waals surface area contributed by atoms with E-state index in [2.05, 4.69) is 5.32 Å². The van der Waals surface area contributed by atoms with E-state index in [-0.39, 0.29) is 13.2 Å². The van der Waals surface area contributed by atoms with Crippen LogP contribution >= 0.6 is 0 Å². The number of carbonyl (C=O) groups is 1. The van der Waals surface area contributed by atoms with Gasteiger partial charge in [-0.05, 0) is 48.5 Å². The Labute approximate surface area is 168 Å². The molecule has 0 heterocycles. The Bertz CT molecular complexity index is 1030. The third kappa shape index (κ3) is 8.91. The van der Waals surface area contributed by atoms with Gasteiger partial charge in [-0.3, -0.25) is 13.9 Å². The summed E-state index contributed by atoms with van der Waals surface area (Å²) in [7, 11) is -8.19. The van der Waals surface area contributed by atoms with Gasteiger partial charge in [0.15, 0.2) is 0 Å². The number of carbonyl (C=O) groups excluding carboxylic acids is 1. The summed E-state index contributed by atoms with van der Waals surface area (Å²) in [5.41, 5.74) is 0.811. The molecule has 1 amide bonds. The Morgan fingerprint density at radius 2 is 1.17 bits per heavy atom. The zero-order valence-electron chi connectivity index (χ0n) is 15.0. The highest BCUT2D eigenvalue weighted by Crippen LogP contribution is 2.18. The van der Waals surface area contributed by atoms with Crippen LogP contribution in [0.15, 0.2) is 48.5 Å². The molecule has 0 aliphatic carbocycles. The summed E-state index contributed by atoms with van der Waals surface area (Å²) in [5.74, 6) is -0.740. The molecule has 0 saturated heterocycles. The number of hydrogen-bond donors (Lipinski definition) is 3. The minimum absolute atomic E-state index is 0.205. The van der Waals surface area contributed by atoms with E-state index < -0.39 is 37.6 Å². The minimum atomic E-state index is -4.10. The van der Waals surface area contributed by atoms with Crippen molar-refractivity contribution < 1.29 is 40.2 Å². The summed E-state index contributed by atoms with van der Waals surface area (Å²) in [6.45, 7) is -0.424. The lowest BCUT2D eigenvalue weighted by Gasteiger charge is -2.09. The van der Waals surface area contributed by atoms with Gasteiger partial charge in [0.25, 0.3) is 26.1 Å². The number of anilines is 1. The largest absolute Gasteiger partial charge is 0.492 e. The monoisotopic (exact) mass is 445 g/mol. The first kappa shape index (κ1) is 22.6. The lowest BCUT2D eigenvalue weighted by Crippen LogP contribution is -2.14. The molecule has 2 aromatic rings. The summed E-state index contributed by atoms with van der Waals surface area (Å²) in [6.07, 6.45) is 0. The number of benzene rings is 2. The van der Waals surface area contributed by atoms with Gasteiger partial charge in [0.2, 0.25) is 0 Å². The fraction of sp³-hybridized carbons (Fsp3) is 0.235. The second kappa shape index (κ2) is 9.69. The molecule has 2 aromatic carbocycles. The number of ether oxygens (including phenoxy) is 2. The first-order valence-electron chi connectivity index (χ1n) is 8.19. The van der Waals surface area contributed by atoms with Crippen LogP contribution in [0.1, 0.15) is 10.4 Å². The quantitative estimate of drug-likeness (QED) is 0.461. The van der Waals surface area contributed by atoms with Crippen molar-refractivity contribution in [3.05, 3.63) is 54.1 Å². The van der Waals surface area contributed by atoms with Gasteiger partial charge < -0.3 is 14.8 Å². The highest BCUT2D eigenvalue weighted by molar-refractivity contribution is 7.86. The zero-order valence-corrected chi connectivity index (χ0v) is 16.6. The minimum Gasteiger partial charge on any atom is -0.492 e. The average molecular weight is 445 g/mol. The summed E-state index contributed by atoms with van der Waals surface area (Å²) in [5, 5.41) is 2.66. The van der Waals surface area contributed by atoms with Crippen LogP contribution in [0.3, 0.4) is 0 Å². The molecule has 29 heavy (non-hydrogen) atoms. The third-order valence-corrected chi connectivity index (χ3v) is 4.81. The Kier molecular flexibility index (Phi) is 7.56. The maximum absolute atomic E-state index is 12.2. The smallest absolute Gasteiger partial charge is 0.268 e. The van der Waals surface area contributed by atoms with Crippen LogP contribution in [0.4, 0.5) is 5.69 Å². The van der Waals surface area contributed by atoms with Crippen LogP contribution in [-0.4, -0.2) is 56.6 Å². The second-order valence-corrected chi connectivity index (χ2v) is 8.92. The molecule has 158 valence electrons. The highest BCUT2D eigenvalue weighted by atomic mass is 32.2. The maximum Gasteiger partial charge on any atom is 0.268 e. The molecule has 10 nitrogen and oxygen atoms in total. The van der Waals surface area contributed by atoms with E-state index >= 15 is 0 Å². The van der Waals surface area contributed by atoms with E-state index in [1.807, 2.05) is 0 Å². The van der Waals surface area contributed by atoms with Crippen LogP contribution in [0.2, 0.25) is 0 Å². The lowest BCUT2D eigenvalue weighted by molar-refractivity contribution is 0.102. The molecule has 0 spiro atoms. The normalized spacial score (nSPS) is 11.7. The summed E-state index contributed by atoms with van der Waals surface area (Å²) < 4.78 is 70.1. The molecule has 0 unspecified atom stereocenters. The third-order valence-electron chi connectivity index (χ3n) is 3.45. The van der Waals surface area contributed by atoms with Gasteiger partial charge in [-0.2, -0.15) is 16.8 Å². The van der Waals surface area contributed by atoms with Crippen molar-refractivity contribution in [3.63, 3.8) is 0 Å². The Morgan fingerprint density at radius 3 is 1.59 bits per heavy atom. The Hall–Kier alpha value is -2.67. The molecule has 2 rings (SSSR count). The second-order valence-electron chi connectivity index (χ2n) is 5.77. The highest BCUT2D eigenvalue weighted by Gasteiger charge is 2.09. The standard InChI is InChI=1S/C17H19NO9S2/c19-17(13-1-5-15(6-2-13)26-9-11-28(20,21)22)18-14-3-7-16(8-4-14)27-10-12-29(23,24)25/h1-8H,9-12H2,(H,18,19)(H,20,21,22)(H,23,24,25). The molecule has 0 atom stereocenters. The molecule has 0 saturated carbocycles. The molecular formula is C17H19NO9S2. The van der Waals surface area contributed by atoms with Gasteiger partial charge in [-0.1, -0.05) is 0 Å². The molecule has 0 aromatic heterocycles. The van der Waals surface area contributed by atoms with Crippen LogP contribution in [-0.2, 0) is 20.2 Å². The Morgan fingerprint density at radius 1 is 0.759 bits per heavy atom. The van der Waals surface area contributed by atoms with Crippen molar-refractivity contribution in [2.75, 3.05) is 30.0 Å². The first-order valence-corrected chi connectivity index (χ1v) is 11.4. The summed E-state index contributed by atoms with van der Waals surface area (Å²) >= 11 is 0. The molecular weight excluding hydrogens is 426 g/mol. The maximum atomic E-state index is 12.2. The van der Waals surface area contributed by atoms with Gasteiger partial charge >= 0.3 is 0 Å². The Balaban J connectivity index is 1.86. The number of nitrogens with one attached hydrogen (secondary N) is 1. The van der Waals surface area contributed by atoms with Gasteiger partial charge in [0, 0.05) is 11.3 Å². The average Bonchev–Trinajstić information content (AvgIpc) is 2.61. The lowest BCUT2D eigenvalue weighted by atomic mass is 10.2. The molecule has 3 N–H and O–H groups in total. The van der Waals surface area contributed by atoms with Gasteiger partial charge in [0.05, 0.1) is 0 Å². The predicted octanol–water partition coefficient (Wildman–Crippen LogP) is 1.47. The SMILES string of the molecule is O=C(Nc1ccc(OCCS(=O)(=O)O)cc1)c1ccc(OCCS(=O)(=O)O)cc1. The van der Waals surface area contributed by atoms with Gasteiger partial charge in [-0.15, -0.1) is 0 Å². The van der Waals surface area contributed by atoms with E-state index in [1.54, 1.807) is 12.1 Å². The van der Waals surface area contributed by atoms with Crippen molar-refractivity contribution in [2.45, 2.75) is 0 Å². The van der Waals surface area contributed by atoms with Crippen molar-refractivity contribution in [1.82, 2.24) is 0 Å². The van der Waals surface area contributed by atoms with Crippen LogP contribution in [0.25, 0.3) is 0 Å². The number of amides is 1. The fourth-order valence-corrected chi connectivity index (χ4v) is 2.66. The topological polar surface area (TPSA) is 156 Å². The number of hydrogen-bond acceptors (Lipinski definition) is 7. The van der Waals surface area contributed by atoms with Crippen LogP contribution in [0.5, 0.6) is 11.5 Å². The molecule has 0 radical (unpaired) electrons. The van der Waals surface area contributed by atoms with E-state index in [4.69, 9.17) is 18.6 Å². The van der Waals surface area contributed by atoms with E-state index in [0.29, 0.717) is 22.7 Å². The number of rotatable bonds is 10. The van der Waals surface area contributed by atoms with Crippen LogP contribution in [0, 0.1) is 0 Å². The molecule has 0 aliphatic rings. The summed E-state index contributed by atoms with van der Waals surface area (Å²) in [6, 6.07) is 12.2. The molecule has 12 heteroatoms. The van der Waals surface area contributed by atoms with Gasteiger partial charge in [0.1, 0.15) is 36.2 Å². The van der Waals surface area contributed by atoms with Crippen molar-refractivity contribution in [3.8, 4) is 11.5 Å². The predicted molar refractivity (Wildman–Crippen MR) is 105 cm³/mol. The van der Waals surface area contributed by atoms with E-state index in [1.165, 1.54) is 36.4 Å². The molecule has 0 fully saturated rings. The fourth-order valence-electron chi connectivity index (χ4n) is 2.07. The van der Waals surface area contributed by atoms with E-state index in [0.717, 1.165) is 0 Å². The molecule has 0 aliphatic heterocycles. The first-order chi connectivity index (χ1) is 13.5.